The molecule has 0 aliphatic heterocycles. The van der Waals surface area contributed by atoms with Gasteiger partial charge in [-0.1, -0.05) is 58.9 Å². The fraction of sp³-hybridized carbons (Fsp3) is 0.429. The number of carbonyl (C=O) groups excluding carboxylic acids is 2. The lowest BCUT2D eigenvalue weighted by molar-refractivity contribution is -0.114. The van der Waals surface area contributed by atoms with Crippen molar-refractivity contribution < 1.29 is 23.8 Å². The molecule has 0 atom stereocenters. The van der Waals surface area contributed by atoms with Crippen LogP contribution in [0.25, 0.3) is 0 Å². The largest absolute Gasteiger partial charge is 0.465 e. The molecule has 0 fully saturated rings. The van der Waals surface area contributed by atoms with Crippen molar-refractivity contribution in [2.75, 3.05) is 20.3 Å². The average Bonchev–Trinajstić information content (AvgIpc) is 2.73. The fourth-order valence-corrected chi connectivity index (χ4v) is 3.97. The number of allylic oxidation sites excluding steroid dienone is 1. The minimum atomic E-state index is -0.436. The summed E-state index contributed by atoms with van der Waals surface area (Å²) in [7, 11) is 1.54. The van der Waals surface area contributed by atoms with E-state index < -0.39 is 5.97 Å². The molecule has 2 aromatic rings. The highest BCUT2D eigenvalue weighted by Crippen LogP contribution is 2.36. The number of hydrogen-bond acceptors (Lipinski definition) is 5. The molecule has 33 heavy (non-hydrogen) atoms. The Bertz CT molecular complexity index is 949. The molecule has 0 bridgehead atoms. The summed E-state index contributed by atoms with van der Waals surface area (Å²) in [6.07, 6.45) is 4.04. The molecule has 0 spiro atoms. The van der Waals surface area contributed by atoms with Crippen molar-refractivity contribution in [3.63, 3.8) is 0 Å². The van der Waals surface area contributed by atoms with Crippen LogP contribution in [0.5, 0.6) is 5.75 Å². The lowest BCUT2D eigenvalue weighted by atomic mass is 9.72. The Morgan fingerprint density at radius 3 is 2.27 bits per heavy atom. The first kappa shape index (κ1) is 26.3. The van der Waals surface area contributed by atoms with Crippen molar-refractivity contribution in [2.45, 2.75) is 52.9 Å². The Hall–Kier alpha value is -2.92. The summed E-state index contributed by atoms with van der Waals surface area (Å²) in [5.41, 5.74) is 2.70. The second-order valence-corrected chi connectivity index (χ2v) is 10.0. The molecule has 2 aromatic carbocycles. The van der Waals surface area contributed by atoms with Crippen LogP contribution in [0, 0.1) is 5.41 Å². The molecule has 178 valence electrons. The molecule has 0 aliphatic carbocycles. The first-order chi connectivity index (χ1) is 15.5. The predicted molar refractivity (Wildman–Crippen MR) is 131 cm³/mol. The molecule has 0 aromatic heterocycles. The normalized spacial score (nSPS) is 12.1. The number of methoxy groups -OCH3 is 1. The van der Waals surface area contributed by atoms with Crippen LogP contribution in [0.1, 0.15) is 62.5 Å². The Kier molecular flexibility index (Phi) is 9.42. The van der Waals surface area contributed by atoms with Gasteiger partial charge in [0.05, 0.1) is 18.4 Å². The SMILES string of the molecule is COCCOC(=O)c1cccc(CC(=O)/C=C/Oc2ccc(C(C)(C)CC(C)(C)C)cc2)c1. The van der Waals surface area contributed by atoms with Gasteiger partial charge in [-0.15, -0.1) is 0 Å². The van der Waals surface area contributed by atoms with Crippen LogP contribution in [-0.2, 0) is 26.1 Å². The summed E-state index contributed by atoms with van der Waals surface area (Å²) >= 11 is 0. The maximum atomic E-state index is 12.3. The quantitative estimate of drug-likeness (QED) is 0.184. The third-order valence-corrected chi connectivity index (χ3v) is 5.13. The topological polar surface area (TPSA) is 61.8 Å². The summed E-state index contributed by atoms with van der Waals surface area (Å²) in [5, 5.41) is 0. The van der Waals surface area contributed by atoms with Crippen molar-refractivity contribution >= 4 is 11.8 Å². The van der Waals surface area contributed by atoms with Gasteiger partial charge < -0.3 is 14.2 Å². The Balaban J connectivity index is 1.90. The van der Waals surface area contributed by atoms with Crippen LogP contribution >= 0.6 is 0 Å². The Labute approximate surface area is 197 Å². The number of rotatable bonds is 11. The second-order valence-electron chi connectivity index (χ2n) is 10.0. The number of ether oxygens (including phenoxy) is 3. The molecule has 0 heterocycles. The van der Waals surface area contributed by atoms with E-state index in [2.05, 4.69) is 46.8 Å². The molecule has 5 heteroatoms. The van der Waals surface area contributed by atoms with Gasteiger partial charge >= 0.3 is 5.97 Å². The van der Waals surface area contributed by atoms with Crippen LogP contribution < -0.4 is 4.74 Å². The third-order valence-electron chi connectivity index (χ3n) is 5.13. The van der Waals surface area contributed by atoms with Crippen LogP contribution in [0.2, 0.25) is 0 Å². The van der Waals surface area contributed by atoms with E-state index in [1.807, 2.05) is 12.1 Å². The zero-order chi connectivity index (χ0) is 24.5. The van der Waals surface area contributed by atoms with Crippen molar-refractivity contribution in [1.82, 2.24) is 0 Å². The van der Waals surface area contributed by atoms with Gasteiger partial charge in [0.15, 0.2) is 5.78 Å². The van der Waals surface area contributed by atoms with E-state index in [0.29, 0.717) is 17.9 Å². The van der Waals surface area contributed by atoms with Gasteiger partial charge in [-0.05, 0) is 52.6 Å². The fourth-order valence-electron chi connectivity index (χ4n) is 3.97. The molecule has 0 unspecified atom stereocenters. The molecule has 0 aliphatic rings. The monoisotopic (exact) mass is 452 g/mol. The molecule has 0 N–H and O–H groups in total. The molecule has 0 amide bonds. The first-order valence-electron chi connectivity index (χ1n) is 11.2. The smallest absolute Gasteiger partial charge is 0.338 e. The number of benzene rings is 2. The van der Waals surface area contributed by atoms with Crippen molar-refractivity contribution in [3.05, 3.63) is 77.6 Å². The minimum absolute atomic E-state index is 0.0628. The average molecular weight is 453 g/mol. The number of carbonyl (C=O) groups is 2. The van der Waals surface area contributed by atoms with Gasteiger partial charge in [0.2, 0.25) is 0 Å². The highest BCUT2D eigenvalue weighted by atomic mass is 16.6. The van der Waals surface area contributed by atoms with E-state index in [-0.39, 0.29) is 29.6 Å². The van der Waals surface area contributed by atoms with Crippen molar-refractivity contribution in [1.29, 1.82) is 0 Å². The Morgan fingerprint density at radius 1 is 0.939 bits per heavy atom. The van der Waals surface area contributed by atoms with E-state index in [9.17, 15) is 9.59 Å². The predicted octanol–water partition coefficient (Wildman–Crippen LogP) is 5.91. The second kappa shape index (κ2) is 11.8. The molecule has 5 nitrogen and oxygen atoms in total. The summed E-state index contributed by atoms with van der Waals surface area (Å²) in [6, 6.07) is 14.9. The summed E-state index contributed by atoms with van der Waals surface area (Å²) < 4.78 is 15.6. The Morgan fingerprint density at radius 2 is 1.64 bits per heavy atom. The first-order valence-corrected chi connectivity index (χ1v) is 11.2. The van der Waals surface area contributed by atoms with Gasteiger partial charge in [0, 0.05) is 19.6 Å². The zero-order valence-corrected chi connectivity index (χ0v) is 20.6. The van der Waals surface area contributed by atoms with Crippen LogP contribution in [0.4, 0.5) is 0 Å². The van der Waals surface area contributed by atoms with Gasteiger partial charge in [-0.3, -0.25) is 4.79 Å². The number of esters is 1. The molecule has 2 rings (SSSR count). The highest BCUT2D eigenvalue weighted by molar-refractivity contribution is 5.93. The van der Waals surface area contributed by atoms with Crippen LogP contribution in [0.15, 0.2) is 60.9 Å². The summed E-state index contributed by atoms with van der Waals surface area (Å²) in [6.45, 7) is 11.8. The standard InChI is InChI=1S/C28H36O5/c1-27(2,3)20-28(4,5)23-10-12-25(13-11-23)32-15-14-24(29)19-21-8-7-9-22(18-21)26(30)33-17-16-31-6/h7-15,18H,16-17,19-20H2,1-6H3/b15-14+. The molecule has 0 saturated carbocycles. The number of hydrogen-bond donors (Lipinski definition) is 0. The minimum Gasteiger partial charge on any atom is -0.465 e. The lowest BCUT2D eigenvalue weighted by Gasteiger charge is -2.33. The molecule has 0 radical (unpaired) electrons. The van der Waals surface area contributed by atoms with Crippen molar-refractivity contribution in [3.8, 4) is 5.75 Å². The maximum absolute atomic E-state index is 12.3. The van der Waals surface area contributed by atoms with E-state index >= 15 is 0 Å². The maximum Gasteiger partial charge on any atom is 0.338 e. The van der Waals surface area contributed by atoms with Gasteiger partial charge in [-0.2, -0.15) is 0 Å². The number of ketones is 1. The molecular weight excluding hydrogens is 416 g/mol. The third kappa shape index (κ3) is 9.22. The van der Waals surface area contributed by atoms with Gasteiger partial charge in [0.1, 0.15) is 12.4 Å². The van der Waals surface area contributed by atoms with Crippen molar-refractivity contribution in [2.24, 2.45) is 5.41 Å². The van der Waals surface area contributed by atoms with E-state index in [4.69, 9.17) is 14.2 Å². The van der Waals surface area contributed by atoms with Gasteiger partial charge in [0.25, 0.3) is 0 Å². The molecule has 0 saturated heterocycles. The van der Waals surface area contributed by atoms with Gasteiger partial charge in [-0.25, -0.2) is 4.79 Å². The van der Waals surface area contributed by atoms with Crippen LogP contribution in [-0.4, -0.2) is 32.1 Å². The highest BCUT2D eigenvalue weighted by Gasteiger charge is 2.27. The van der Waals surface area contributed by atoms with E-state index in [0.717, 1.165) is 12.0 Å². The van der Waals surface area contributed by atoms with E-state index in [1.54, 1.807) is 31.4 Å². The molecular formula is C28H36O5. The summed E-state index contributed by atoms with van der Waals surface area (Å²) in [4.78, 5) is 24.4. The summed E-state index contributed by atoms with van der Waals surface area (Å²) in [5.74, 6) is 0.118. The van der Waals surface area contributed by atoms with E-state index in [1.165, 1.54) is 17.9 Å². The lowest BCUT2D eigenvalue weighted by Crippen LogP contribution is -2.24. The zero-order valence-electron chi connectivity index (χ0n) is 20.6. The van der Waals surface area contributed by atoms with Crippen LogP contribution in [0.3, 0.4) is 0 Å².